The molecule has 1 aromatic rings. The Balaban J connectivity index is 0.00000104. The normalized spacial score (nSPS) is 23.1. The first-order valence-corrected chi connectivity index (χ1v) is 9.21. The van der Waals surface area contributed by atoms with E-state index in [4.69, 9.17) is 0 Å². The second-order valence-corrected chi connectivity index (χ2v) is 7.21. The Morgan fingerprint density at radius 3 is 2.00 bits per heavy atom. The van der Waals surface area contributed by atoms with E-state index in [1.165, 1.54) is 64.0 Å². The summed E-state index contributed by atoms with van der Waals surface area (Å²) in [4.78, 5) is 5.26. The van der Waals surface area contributed by atoms with Gasteiger partial charge in [0.1, 0.15) is 0 Å². The third-order valence-electron chi connectivity index (χ3n) is 5.85. The molecule has 24 heavy (non-hydrogen) atoms. The number of nitrogens with one attached hydrogen (secondary N) is 1. The smallest absolute Gasteiger partial charge is 0.0377 e. The molecule has 3 aliphatic rings. The molecular weight excluding hydrogens is 341 g/mol. The lowest BCUT2D eigenvalue weighted by atomic mass is 9.76. The second kappa shape index (κ2) is 9.28. The first-order valence-electron chi connectivity index (χ1n) is 9.21. The first-order chi connectivity index (χ1) is 10.9. The van der Waals surface area contributed by atoms with E-state index >= 15 is 0 Å². The predicted octanol–water partition coefficient (Wildman–Crippen LogP) is 3.88. The molecule has 0 unspecified atom stereocenters. The molecule has 4 rings (SSSR count). The Kier molecular flexibility index (Phi) is 7.67. The number of piperazine rings is 1. The van der Waals surface area contributed by atoms with Crippen LogP contribution in [-0.4, -0.2) is 44.2 Å². The highest BCUT2D eigenvalue weighted by Gasteiger charge is 2.33. The summed E-state index contributed by atoms with van der Waals surface area (Å²) >= 11 is 0. The van der Waals surface area contributed by atoms with Gasteiger partial charge in [-0.2, -0.15) is 0 Å². The van der Waals surface area contributed by atoms with Gasteiger partial charge in [0.2, 0.25) is 0 Å². The Labute approximate surface area is 159 Å². The van der Waals surface area contributed by atoms with E-state index in [0.29, 0.717) is 6.04 Å². The lowest BCUT2D eigenvalue weighted by Gasteiger charge is -2.43. The molecule has 0 amide bonds. The van der Waals surface area contributed by atoms with E-state index in [1.807, 2.05) is 0 Å². The molecule has 2 saturated heterocycles. The van der Waals surface area contributed by atoms with Gasteiger partial charge >= 0.3 is 0 Å². The van der Waals surface area contributed by atoms with Crippen LogP contribution in [0.25, 0.3) is 0 Å². The zero-order valence-electron chi connectivity index (χ0n) is 14.5. The molecule has 1 aromatic carbocycles. The minimum Gasteiger partial charge on any atom is -0.372 e. The number of anilines is 1. The van der Waals surface area contributed by atoms with Gasteiger partial charge in [0.15, 0.2) is 0 Å². The topological polar surface area (TPSA) is 18.5 Å². The zero-order chi connectivity index (χ0) is 14.8. The molecule has 3 fully saturated rings. The highest BCUT2D eigenvalue weighted by molar-refractivity contribution is 5.85. The lowest BCUT2D eigenvalue weighted by molar-refractivity contribution is 0.0837. The summed E-state index contributed by atoms with van der Waals surface area (Å²) in [6.45, 7) is 7.18. The summed E-state index contributed by atoms with van der Waals surface area (Å²) < 4.78 is 0. The van der Waals surface area contributed by atoms with Crippen molar-refractivity contribution >= 4 is 30.5 Å². The Hall–Kier alpha value is -0.480. The summed E-state index contributed by atoms with van der Waals surface area (Å²) in [7, 11) is 0. The number of benzene rings is 1. The van der Waals surface area contributed by atoms with E-state index in [0.717, 1.165) is 19.0 Å². The van der Waals surface area contributed by atoms with Gasteiger partial charge in [0.25, 0.3) is 0 Å². The van der Waals surface area contributed by atoms with Crippen LogP contribution in [0, 0.1) is 5.92 Å². The van der Waals surface area contributed by atoms with Crippen molar-refractivity contribution in [2.75, 3.05) is 44.2 Å². The molecule has 1 saturated carbocycles. The van der Waals surface area contributed by atoms with Gasteiger partial charge in [-0.15, -0.1) is 24.8 Å². The van der Waals surface area contributed by atoms with Gasteiger partial charge in [-0.1, -0.05) is 18.6 Å². The minimum atomic E-state index is 0. The van der Waals surface area contributed by atoms with Gasteiger partial charge in [-0.25, -0.2) is 0 Å². The van der Waals surface area contributed by atoms with Crippen molar-refractivity contribution in [1.82, 2.24) is 10.2 Å². The van der Waals surface area contributed by atoms with Crippen molar-refractivity contribution in [3.05, 3.63) is 29.8 Å². The van der Waals surface area contributed by atoms with Crippen LogP contribution in [0.1, 0.15) is 43.7 Å². The number of hydrogen-bond acceptors (Lipinski definition) is 3. The third-order valence-corrected chi connectivity index (χ3v) is 5.85. The number of hydrogen-bond donors (Lipinski definition) is 1. The van der Waals surface area contributed by atoms with Crippen LogP contribution in [0.5, 0.6) is 0 Å². The average molecular weight is 372 g/mol. The highest BCUT2D eigenvalue weighted by Crippen LogP contribution is 2.41. The van der Waals surface area contributed by atoms with Gasteiger partial charge in [0.05, 0.1) is 0 Å². The number of rotatable bonds is 4. The van der Waals surface area contributed by atoms with Crippen molar-refractivity contribution in [3.63, 3.8) is 0 Å². The molecule has 5 heteroatoms. The van der Waals surface area contributed by atoms with Crippen LogP contribution < -0.4 is 10.2 Å². The van der Waals surface area contributed by atoms with E-state index in [-0.39, 0.29) is 24.8 Å². The minimum absolute atomic E-state index is 0. The van der Waals surface area contributed by atoms with Crippen LogP contribution in [0.3, 0.4) is 0 Å². The van der Waals surface area contributed by atoms with Crippen LogP contribution in [0.2, 0.25) is 0 Å². The standard InChI is InChI=1S/C19H29N3.2ClH/c1-2-13-21(12-1)18-8-6-17(7-9-18)19(16-4-3-5-16)22-14-10-20-11-15-22;;/h6-9,16,19-20H,1-5,10-15H2;2*1H/t19-;;/m1../s1. The predicted molar refractivity (Wildman–Crippen MR) is 107 cm³/mol. The third kappa shape index (κ3) is 4.19. The van der Waals surface area contributed by atoms with E-state index < -0.39 is 0 Å². The molecule has 0 aromatic heterocycles. The number of nitrogens with zero attached hydrogens (tertiary/aromatic N) is 2. The molecule has 3 nitrogen and oxygen atoms in total. The molecule has 1 aliphatic carbocycles. The van der Waals surface area contributed by atoms with Crippen molar-refractivity contribution in [3.8, 4) is 0 Å². The van der Waals surface area contributed by atoms with Crippen molar-refractivity contribution in [2.24, 2.45) is 5.92 Å². The molecule has 0 bridgehead atoms. The van der Waals surface area contributed by atoms with Gasteiger partial charge in [0, 0.05) is 51.0 Å². The van der Waals surface area contributed by atoms with Gasteiger partial charge < -0.3 is 10.2 Å². The van der Waals surface area contributed by atoms with Gasteiger partial charge in [-0.3, -0.25) is 4.90 Å². The van der Waals surface area contributed by atoms with Crippen LogP contribution in [-0.2, 0) is 0 Å². The lowest BCUT2D eigenvalue weighted by Crippen LogP contribution is -2.47. The fourth-order valence-electron chi connectivity index (χ4n) is 4.35. The summed E-state index contributed by atoms with van der Waals surface area (Å²) in [5.74, 6) is 0.885. The molecule has 0 radical (unpaired) electrons. The fraction of sp³-hybridized carbons (Fsp3) is 0.684. The summed E-state index contributed by atoms with van der Waals surface area (Å²) in [6, 6.07) is 10.2. The van der Waals surface area contributed by atoms with E-state index in [2.05, 4.69) is 39.4 Å². The summed E-state index contributed by atoms with van der Waals surface area (Å²) in [5, 5.41) is 3.49. The molecule has 2 heterocycles. The van der Waals surface area contributed by atoms with Crippen LogP contribution in [0.15, 0.2) is 24.3 Å². The van der Waals surface area contributed by atoms with Crippen molar-refractivity contribution in [2.45, 2.75) is 38.1 Å². The number of halogens is 2. The van der Waals surface area contributed by atoms with E-state index in [1.54, 1.807) is 5.56 Å². The Morgan fingerprint density at radius 1 is 0.833 bits per heavy atom. The quantitative estimate of drug-likeness (QED) is 0.866. The van der Waals surface area contributed by atoms with Crippen LogP contribution >= 0.6 is 24.8 Å². The molecule has 2 aliphatic heterocycles. The molecular formula is C19H31Cl2N3. The first kappa shape index (κ1) is 19.8. The molecule has 1 atom stereocenters. The van der Waals surface area contributed by atoms with Gasteiger partial charge in [-0.05, 0) is 49.3 Å². The maximum Gasteiger partial charge on any atom is 0.0377 e. The molecule has 1 N–H and O–H groups in total. The second-order valence-electron chi connectivity index (χ2n) is 7.21. The molecule has 0 spiro atoms. The largest absolute Gasteiger partial charge is 0.372 e. The maximum absolute atomic E-state index is 3.49. The van der Waals surface area contributed by atoms with Crippen LogP contribution in [0.4, 0.5) is 5.69 Å². The summed E-state index contributed by atoms with van der Waals surface area (Å²) in [6.07, 6.45) is 6.98. The Bertz CT molecular complexity index is 478. The fourth-order valence-corrected chi connectivity index (χ4v) is 4.35. The maximum atomic E-state index is 3.49. The Morgan fingerprint density at radius 2 is 1.46 bits per heavy atom. The molecule has 136 valence electrons. The van der Waals surface area contributed by atoms with E-state index in [9.17, 15) is 0 Å². The van der Waals surface area contributed by atoms with Crippen molar-refractivity contribution in [1.29, 1.82) is 0 Å². The highest BCUT2D eigenvalue weighted by atomic mass is 35.5. The SMILES string of the molecule is Cl.Cl.c1cc(N2CCCC2)ccc1[C@@H](C1CCC1)N1CCNCC1. The zero-order valence-corrected chi connectivity index (χ0v) is 16.1. The summed E-state index contributed by atoms with van der Waals surface area (Å²) in [5.41, 5.74) is 2.98. The average Bonchev–Trinajstić information content (AvgIpc) is 3.06. The van der Waals surface area contributed by atoms with Crippen molar-refractivity contribution < 1.29 is 0 Å². The monoisotopic (exact) mass is 371 g/mol.